The minimum Gasteiger partial charge on any atom is -0.497 e. The number of nitrogens with two attached hydrogens (primary N) is 1. The number of aromatic nitrogens is 1. The molecule has 2 rings (SSSR count). The van der Waals surface area contributed by atoms with Crippen LogP contribution in [0.1, 0.15) is 0 Å². The Labute approximate surface area is 111 Å². The van der Waals surface area contributed by atoms with E-state index in [0.717, 1.165) is 0 Å². The normalized spacial score (nSPS) is 11.1. The van der Waals surface area contributed by atoms with E-state index in [1.165, 1.54) is 12.1 Å². The van der Waals surface area contributed by atoms with Gasteiger partial charge in [-0.1, -0.05) is 0 Å². The summed E-state index contributed by atoms with van der Waals surface area (Å²) in [4.78, 5) is 4.19. The van der Waals surface area contributed by atoms with E-state index in [1.807, 2.05) is 0 Å². The lowest BCUT2D eigenvalue weighted by Crippen LogP contribution is -2.11. The summed E-state index contributed by atoms with van der Waals surface area (Å²) in [5.41, 5.74) is 0.702. The van der Waals surface area contributed by atoms with Gasteiger partial charge in [-0.15, -0.1) is 0 Å². The second-order valence-corrected chi connectivity index (χ2v) is 5.34. The van der Waals surface area contributed by atoms with Crippen LogP contribution in [0.15, 0.2) is 47.5 Å². The topological polar surface area (TPSA) is 94.3 Å². The summed E-state index contributed by atoms with van der Waals surface area (Å²) in [6, 6.07) is 9.54. The zero-order valence-electron chi connectivity index (χ0n) is 10.2. The van der Waals surface area contributed by atoms with Gasteiger partial charge >= 0.3 is 0 Å². The second kappa shape index (κ2) is 5.25. The number of hydrogen-bond donors (Lipinski definition) is 2. The van der Waals surface area contributed by atoms with Crippen molar-refractivity contribution in [2.75, 3.05) is 12.4 Å². The Kier molecular flexibility index (Phi) is 3.68. The molecule has 1 heterocycles. The molecule has 100 valence electrons. The Morgan fingerprint density at radius 3 is 2.47 bits per heavy atom. The summed E-state index contributed by atoms with van der Waals surface area (Å²) in [6.07, 6.45) is 1.61. The number of benzene rings is 1. The Morgan fingerprint density at radius 1 is 1.21 bits per heavy atom. The second-order valence-electron chi connectivity index (χ2n) is 3.78. The van der Waals surface area contributed by atoms with E-state index in [0.29, 0.717) is 17.3 Å². The molecule has 6 nitrogen and oxygen atoms in total. The summed E-state index contributed by atoms with van der Waals surface area (Å²) in [5.74, 6) is 1.28. The monoisotopic (exact) mass is 279 g/mol. The highest BCUT2D eigenvalue weighted by molar-refractivity contribution is 7.89. The van der Waals surface area contributed by atoms with Crippen LogP contribution in [0, 0.1) is 0 Å². The minimum absolute atomic E-state index is 0.0663. The van der Waals surface area contributed by atoms with Crippen molar-refractivity contribution in [1.82, 2.24) is 4.98 Å². The van der Waals surface area contributed by atoms with Crippen LogP contribution >= 0.6 is 0 Å². The molecule has 0 aliphatic rings. The zero-order chi connectivity index (χ0) is 13.9. The van der Waals surface area contributed by atoms with Gasteiger partial charge < -0.3 is 10.1 Å². The maximum Gasteiger partial charge on any atom is 0.238 e. The van der Waals surface area contributed by atoms with Crippen LogP contribution in [0.5, 0.6) is 5.75 Å². The fourth-order valence-electron chi connectivity index (χ4n) is 1.48. The van der Waals surface area contributed by atoms with E-state index in [2.05, 4.69) is 10.3 Å². The lowest BCUT2D eigenvalue weighted by molar-refractivity contribution is 0.414. The first-order chi connectivity index (χ1) is 8.99. The average Bonchev–Trinajstić information content (AvgIpc) is 2.38. The molecule has 0 aliphatic heterocycles. The molecule has 0 saturated heterocycles. The molecule has 0 aliphatic carbocycles. The SMILES string of the molecule is COc1ccnc(Nc2ccc(S(N)(=O)=O)cc2)c1. The summed E-state index contributed by atoms with van der Waals surface area (Å²) in [5, 5.41) is 8.05. The van der Waals surface area contributed by atoms with Crippen LogP contribution in [0.2, 0.25) is 0 Å². The number of primary sulfonamides is 1. The van der Waals surface area contributed by atoms with Crippen LogP contribution in [0.4, 0.5) is 11.5 Å². The number of sulfonamides is 1. The van der Waals surface area contributed by atoms with Crippen molar-refractivity contribution >= 4 is 21.5 Å². The predicted octanol–water partition coefficient (Wildman–Crippen LogP) is 1.48. The fraction of sp³-hybridized carbons (Fsp3) is 0.0833. The summed E-state index contributed by atoms with van der Waals surface area (Å²) in [7, 11) is -2.10. The third kappa shape index (κ3) is 3.43. The molecular weight excluding hydrogens is 266 g/mol. The maximum atomic E-state index is 11.1. The van der Waals surface area contributed by atoms with Crippen LogP contribution in [0.25, 0.3) is 0 Å². The molecule has 0 saturated carbocycles. The quantitative estimate of drug-likeness (QED) is 0.884. The Balaban J connectivity index is 2.19. The highest BCUT2D eigenvalue weighted by atomic mass is 32.2. The number of methoxy groups -OCH3 is 1. The molecule has 2 aromatic rings. The van der Waals surface area contributed by atoms with E-state index in [1.54, 1.807) is 37.6 Å². The third-order valence-corrected chi connectivity index (χ3v) is 3.35. The van der Waals surface area contributed by atoms with Crippen LogP contribution < -0.4 is 15.2 Å². The number of pyridine rings is 1. The van der Waals surface area contributed by atoms with E-state index in [9.17, 15) is 8.42 Å². The van der Waals surface area contributed by atoms with Gasteiger partial charge in [-0.2, -0.15) is 0 Å². The van der Waals surface area contributed by atoms with Crippen molar-refractivity contribution in [3.63, 3.8) is 0 Å². The maximum absolute atomic E-state index is 11.1. The van der Waals surface area contributed by atoms with Crippen molar-refractivity contribution in [3.05, 3.63) is 42.6 Å². The molecular formula is C12H13N3O3S. The smallest absolute Gasteiger partial charge is 0.238 e. The van der Waals surface area contributed by atoms with Crippen LogP contribution in [-0.2, 0) is 10.0 Å². The summed E-state index contributed by atoms with van der Waals surface area (Å²) < 4.78 is 27.3. The molecule has 1 aromatic carbocycles. The molecule has 0 atom stereocenters. The molecule has 0 fully saturated rings. The first-order valence-corrected chi connectivity index (χ1v) is 6.93. The van der Waals surface area contributed by atoms with Crippen molar-refractivity contribution in [2.45, 2.75) is 4.90 Å². The van der Waals surface area contributed by atoms with Gasteiger partial charge in [0.15, 0.2) is 0 Å². The molecule has 1 aromatic heterocycles. The number of rotatable bonds is 4. The van der Waals surface area contributed by atoms with E-state index in [-0.39, 0.29) is 4.90 Å². The molecule has 0 bridgehead atoms. The van der Waals surface area contributed by atoms with Gasteiger partial charge in [-0.05, 0) is 30.3 Å². The van der Waals surface area contributed by atoms with Gasteiger partial charge in [0.05, 0.1) is 12.0 Å². The lowest BCUT2D eigenvalue weighted by atomic mass is 10.3. The number of nitrogens with one attached hydrogen (secondary N) is 1. The largest absolute Gasteiger partial charge is 0.497 e. The minimum atomic E-state index is -3.67. The Morgan fingerprint density at radius 2 is 1.89 bits per heavy atom. The van der Waals surface area contributed by atoms with Crippen molar-refractivity contribution in [1.29, 1.82) is 0 Å². The fourth-order valence-corrected chi connectivity index (χ4v) is 2.00. The number of hydrogen-bond acceptors (Lipinski definition) is 5. The predicted molar refractivity (Wildman–Crippen MR) is 71.9 cm³/mol. The van der Waals surface area contributed by atoms with E-state index in [4.69, 9.17) is 9.88 Å². The Hall–Kier alpha value is -2.12. The van der Waals surface area contributed by atoms with Gasteiger partial charge in [0.2, 0.25) is 10.0 Å². The van der Waals surface area contributed by atoms with Gasteiger partial charge in [0, 0.05) is 18.0 Å². The van der Waals surface area contributed by atoms with Crippen LogP contribution in [0.3, 0.4) is 0 Å². The zero-order valence-corrected chi connectivity index (χ0v) is 11.0. The highest BCUT2D eigenvalue weighted by Crippen LogP contribution is 2.19. The van der Waals surface area contributed by atoms with Gasteiger partial charge in [-0.25, -0.2) is 18.5 Å². The summed E-state index contributed by atoms with van der Waals surface area (Å²) in [6.45, 7) is 0. The molecule has 3 N–H and O–H groups in total. The van der Waals surface area contributed by atoms with Crippen molar-refractivity contribution in [3.8, 4) is 5.75 Å². The first kappa shape index (κ1) is 13.3. The molecule has 0 amide bonds. The molecule has 0 spiro atoms. The standard InChI is InChI=1S/C12H13N3O3S/c1-18-10-6-7-14-12(8-10)15-9-2-4-11(5-3-9)19(13,16)17/h2-8H,1H3,(H,14,15)(H2,13,16,17). The van der Waals surface area contributed by atoms with Crippen LogP contribution in [-0.4, -0.2) is 20.5 Å². The van der Waals surface area contributed by atoms with Gasteiger partial charge in [0.25, 0.3) is 0 Å². The average molecular weight is 279 g/mol. The van der Waals surface area contributed by atoms with E-state index >= 15 is 0 Å². The summed E-state index contributed by atoms with van der Waals surface area (Å²) >= 11 is 0. The van der Waals surface area contributed by atoms with Crippen molar-refractivity contribution in [2.24, 2.45) is 5.14 Å². The highest BCUT2D eigenvalue weighted by Gasteiger charge is 2.06. The van der Waals surface area contributed by atoms with Gasteiger partial charge in [0.1, 0.15) is 11.6 Å². The number of ether oxygens (including phenoxy) is 1. The molecule has 7 heteroatoms. The molecule has 19 heavy (non-hydrogen) atoms. The molecule has 0 unspecified atom stereocenters. The van der Waals surface area contributed by atoms with Gasteiger partial charge in [-0.3, -0.25) is 0 Å². The third-order valence-electron chi connectivity index (χ3n) is 2.42. The first-order valence-electron chi connectivity index (χ1n) is 5.39. The lowest BCUT2D eigenvalue weighted by Gasteiger charge is -2.07. The number of nitrogens with zero attached hydrogens (tertiary/aromatic N) is 1. The molecule has 0 radical (unpaired) electrons. The number of anilines is 2. The van der Waals surface area contributed by atoms with E-state index < -0.39 is 10.0 Å². The Bertz CT molecular complexity index is 669. The van der Waals surface area contributed by atoms with Crippen molar-refractivity contribution < 1.29 is 13.2 Å².